The third kappa shape index (κ3) is 4.06. The van der Waals surface area contributed by atoms with Gasteiger partial charge in [0.15, 0.2) is 0 Å². The van der Waals surface area contributed by atoms with E-state index in [1.807, 2.05) is 0 Å². The molecule has 2 rings (SSSR count). The van der Waals surface area contributed by atoms with Gasteiger partial charge in [-0.25, -0.2) is 0 Å². The van der Waals surface area contributed by atoms with E-state index in [0.29, 0.717) is 18.6 Å². The molecule has 1 fully saturated rings. The Kier molecular flexibility index (Phi) is 6.68. The van der Waals surface area contributed by atoms with Crippen LogP contribution >= 0.6 is 0 Å². The first-order valence-electron chi connectivity index (χ1n) is 8.27. The molecule has 3 heteroatoms. The van der Waals surface area contributed by atoms with Gasteiger partial charge in [0.05, 0.1) is 6.61 Å². The molecule has 21 heavy (non-hydrogen) atoms. The van der Waals surface area contributed by atoms with Gasteiger partial charge in [-0.05, 0) is 63.0 Å². The van der Waals surface area contributed by atoms with Gasteiger partial charge in [0, 0.05) is 13.2 Å². The Bertz CT molecular complexity index is 403. The maximum absolute atomic E-state index is 5.42. The number of nitrogens with one attached hydrogen (secondary N) is 1. The average Bonchev–Trinajstić information content (AvgIpc) is 2.50. The zero-order valence-electron chi connectivity index (χ0n) is 13.8. The Morgan fingerprint density at radius 1 is 1.33 bits per heavy atom. The van der Waals surface area contributed by atoms with Crippen molar-refractivity contribution in [2.75, 3.05) is 33.8 Å². The molecule has 1 aromatic carbocycles. The molecule has 118 valence electrons. The van der Waals surface area contributed by atoms with Crippen molar-refractivity contribution >= 4 is 0 Å². The van der Waals surface area contributed by atoms with E-state index >= 15 is 0 Å². The van der Waals surface area contributed by atoms with Gasteiger partial charge >= 0.3 is 0 Å². The second-order valence-electron chi connectivity index (χ2n) is 6.07. The van der Waals surface area contributed by atoms with Crippen LogP contribution in [-0.2, 0) is 11.3 Å². The summed E-state index contributed by atoms with van der Waals surface area (Å²) in [6.45, 7) is 6.48. The number of benzene rings is 1. The third-order valence-corrected chi connectivity index (χ3v) is 4.51. The molecule has 1 saturated heterocycles. The monoisotopic (exact) mass is 290 g/mol. The van der Waals surface area contributed by atoms with Gasteiger partial charge in [-0.1, -0.05) is 31.2 Å². The fourth-order valence-corrected chi connectivity index (χ4v) is 3.73. The Hall–Kier alpha value is -0.900. The highest BCUT2D eigenvalue weighted by Gasteiger charge is 2.32. The van der Waals surface area contributed by atoms with Gasteiger partial charge in [0.1, 0.15) is 0 Å². The van der Waals surface area contributed by atoms with Crippen LogP contribution in [0.5, 0.6) is 0 Å². The highest BCUT2D eigenvalue weighted by molar-refractivity contribution is 5.30. The normalized spacial score (nSPS) is 23.4. The van der Waals surface area contributed by atoms with E-state index in [1.165, 1.54) is 43.5 Å². The molecule has 1 heterocycles. The quantitative estimate of drug-likeness (QED) is 0.834. The van der Waals surface area contributed by atoms with Crippen molar-refractivity contribution < 1.29 is 4.74 Å². The van der Waals surface area contributed by atoms with Gasteiger partial charge in [-0.2, -0.15) is 0 Å². The molecule has 0 saturated carbocycles. The molecule has 0 spiro atoms. The number of ether oxygens (including phenoxy) is 1. The SMILES string of the molecule is CCCN1CCCC(CNC)C1c1ccccc1COC. The van der Waals surface area contributed by atoms with Gasteiger partial charge < -0.3 is 10.1 Å². The number of piperidine rings is 1. The standard InChI is InChI=1S/C18H30N2O/c1-4-11-20-12-7-9-15(13-19-2)18(20)17-10-6-5-8-16(17)14-21-3/h5-6,8,10,15,18-19H,4,7,9,11-14H2,1-3H3. The molecule has 0 amide bonds. The summed E-state index contributed by atoms with van der Waals surface area (Å²) in [5, 5.41) is 3.39. The molecule has 1 aromatic rings. The second-order valence-corrected chi connectivity index (χ2v) is 6.07. The topological polar surface area (TPSA) is 24.5 Å². The van der Waals surface area contributed by atoms with Crippen molar-refractivity contribution in [3.8, 4) is 0 Å². The highest BCUT2D eigenvalue weighted by Crippen LogP contribution is 2.37. The number of methoxy groups -OCH3 is 1. The summed E-state index contributed by atoms with van der Waals surface area (Å²) in [6, 6.07) is 9.34. The molecule has 0 aliphatic carbocycles. The lowest BCUT2D eigenvalue weighted by Crippen LogP contribution is -2.42. The predicted octanol–water partition coefficient (Wildman–Crippen LogP) is 3.22. The first-order valence-corrected chi connectivity index (χ1v) is 8.27. The van der Waals surface area contributed by atoms with Gasteiger partial charge in [0.25, 0.3) is 0 Å². The van der Waals surface area contributed by atoms with E-state index in [1.54, 1.807) is 7.11 Å². The Labute approximate surface area is 129 Å². The first-order chi connectivity index (χ1) is 10.3. The molecule has 2 unspecified atom stereocenters. The minimum absolute atomic E-state index is 0.525. The third-order valence-electron chi connectivity index (χ3n) is 4.51. The summed E-state index contributed by atoms with van der Waals surface area (Å²) in [4.78, 5) is 2.68. The van der Waals surface area contributed by atoms with E-state index in [0.717, 1.165) is 6.54 Å². The van der Waals surface area contributed by atoms with E-state index in [9.17, 15) is 0 Å². The Morgan fingerprint density at radius 2 is 2.14 bits per heavy atom. The van der Waals surface area contributed by atoms with Crippen LogP contribution in [0.25, 0.3) is 0 Å². The fourth-order valence-electron chi connectivity index (χ4n) is 3.73. The molecule has 0 aromatic heterocycles. The highest BCUT2D eigenvalue weighted by atomic mass is 16.5. The van der Waals surface area contributed by atoms with Crippen LogP contribution in [0.3, 0.4) is 0 Å². The second kappa shape index (κ2) is 8.52. The van der Waals surface area contributed by atoms with E-state index < -0.39 is 0 Å². The van der Waals surface area contributed by atoms with E-state index in [2.05, 4.69) is 48.5 Å². The summed E-state index contributed by atoms with van der Waals surface area (Å²) >= 11 is 0. The van der Waals surface area contributed by atoms with Crippen LogP contribution in [0, 0.1) is 5.92 Å². The minimum atomic E-state index is 0.525. The maximum Gasteiger partial charge on any atom is 0.0716 e. The van der Waals surface area contributed by atoms with Crippen LogP contribution in [0.2, 0.25) is 0 Å². The van der Waals surface area contributed by atoms with Crippen molar-refractivity contribution in [3.05, 3.63) is 35.4 Å². The lowest BCUT2D eigenvalue weighted by Gasteiger charge is -2.42. The van der Waals surface area contributed by atoms with Crippen LogP contribution in [0.15, 0.2) is 24.3 Å². The predicted molar refractivity (Wildman–Crippen MR) is 88.4 cm³/mol. The summed E-state index contributed by atoms with van der Waals surface area (Å²) < 4.78 is 5.42. The Morgan fingerprint density at radius 3 is 2.86 bits per heavy atom. The summed E-state index contributed by atoms with van der Waals surface area (Å²) in [7, 11) is 3.85. The zero-order valence-corrected chi connectivity index (χ0v) is 13.8. The molecular formula is C18H30N2O. The number of nitrogens with zero attached hydrogens (tertiary/aromatic N) is 1. The van der Waals surface area contributed by atoms with Crippen molar-refractivity contribution in [3.63, 3.8) is 0 Å². The lowest BCUT2D eigenvalue weighted by molar-refractivity contribution is 0.0896. The zero-order chi connectivity index (χ0) is 15.1. The molecule has 1 aliphatic rings. The minimum Gasteiger partial charge on any atom is -0.380 e. The van der Waals surface area contributed by atoms with Crippen LogP contribution in [0.4, 0.5) is 0 Å². The molecule has 1 aliphatic heterocycles. The summed E-state index contributed by atoms with van der Waals surface area (Å²) in [6.07, 6.45) is 3.84. The first kappa shape index (κ1) is 16.5. The largest absolute Gasteiger partial charge is 0.380 e. The lowest BCUT2D eigenvalue weighted by atomic mass is 9.82. The molecular weight excluding hydrogens is 260 g/mol. The molecule has 0 radical (unpaired) electrons. The van der Waals surface area contributed by atoms with Crippen molar-refractivity contribution in [2.45, 2.75) is 38.8 Å². The summed E-state index contributed by atoms with van der Waals surface area (Å²) in [5.74, 6) is 0.688. The van der Waals surface area contributed by atoms with Gasteiger partial charge in [-0.3, -0.25) is 4.90 Å². The summed E-state index contributed by atoms with van der Waals surface area (Å²) in [5.41, 5.74) is 2.81. The van der Waals surface area contributed by atoms with Gasteiger partial charge in [-0.15, -0.1) is 0 Å². The number of rotatable bonds is 7. The van der Waals surface area contributed by atoms with Crippen LogP contribution < -0.4 is 5.32 Å². The van der Waals surface area contributed by atoms with Crippen LogP contribution in [-0.4, -0.2) is 38.7 Å². The number of likely N-dealkylation sites (tertiary alicyclic amines) is 1. The number of hydrogen-bond acceptors (Lipinski definition) is 3. The average molecular weight is 290 g/mol. The molecule has 2 atom stereocenters. The molecule has 3 nitrogen and oxygen atoms in total. The maximum atomic E-state index is 5.42. The number of hydrogen-bond donors (Lipinski definition) is 1. The Balaban J connectivity index is 2.32. The van der Waals surface area contributed by atoms with Crippen LogP contribution in [0.1, 0.15) is 43.4 Å². The van der Waals surface area contributed by atoms with E-state index in [4.69, 9.17) is 4.74 Å². The van der Waals surface area contributed by atoms with Crippen molar-refractivity contribution in [2.24, 2.45) is 5.92 Å². The molecule has 1 N–H and O–H groups in total. The van der Waals surface area contributed by atoms with Gasteiger partial charge in [0.2, 0.25) is 0 Å². The smallest absolute Gasteiger partial charge is 0.0716 e. The van der Waals surface area contributed by atoms with Crippen molar-refractivity contribution in [1.29, 1.82) is 0 Å². The fraction of sp³-hybridized carbons (Fsp3) is 0.667. The van der Waals surface area contributed by atoms with Crippen molar-refractivity contribution in [1.82, 2.24) is 10.2 Å². The molecule has 0 bridgehead atoms. The van der Waals surface area contributed by atoms with E-state index in [-0.39, 0.29) is 0 Å².